The number of carbonyl (C=O) groups excluding carboxylic acids is 3. The van der Waals surface area contributed by atoms with Crippen molar-refractivity contribution < 1.29 is 14.4 Å². The van der Waals surface area contributed by atoms with Gasteiger partial charge in [0, 0.05) is 18.7 Å². The Morgan fingerprint density at radius 2 is 1.90 bits per heavy atom. The lowest BCUT2D eigenvalue weighted by atomic mass is 10.0. The summed E-state index contributed by atoms with van der Waals surface area (Å²) >= 11 is 1.00. The first-order valence-corrected chi connectivity index (χ1v) is 7.37. The number of hydrogen-bond donors (Lipinski definition) is 0. The minimum atomic E-state index is -0.226. The summed E-state index contributed by atoms with van der Waals surface area (Å²) in [6.45, 7) is 0.744. The summed E-state index contributed by atoms with van der Waals surface area (Å²) in [5.74, 6) is -0.137. The molecule has 0 radical (unpaired) electrons. The topological polar surface area (TPSA) is 81.5 Å². The molecule has 7 heteroatoms. The van der Waals surface area contributed by atoms with Crippen molar-refractivity contribution in [3.63, 3.8) is 0 Å². The highest BCUT2D eigenvalue weighted by Gasteiger charge is 2.43. The van der Waals surface area contributed by atoms with Crippen molar-refractivity contribution in [3.05, 3.63) is 35.4 Å². The highest BCUT2D eigenvalue weighted by Crippen LogP contribution is 2.26. The molecule has 0 spiro atoms. The van der Waals surface area contributed by atoms with Gasteiger partial charge >= 0.3 is 0 Å². The van der Waals surface area contributed by atoms with Crippen LogP contribution in [0, 0.1) is 11.3 Å². The number of imide groups is 1. The van der Waals surface area contributed by atoms with E-state index >= 15 is 0 Å². The Kier molecular flexibility index (Phi) is 3.39. The first-order chi connectivity index (χ1) is 10.1. The number of rotatable bonds is 2. The van der Waals surface area contributed by atoms with Crippen molar-refractivity contribution in [2.75, 3.05) is 18.8 Å². The van der Waals surface area contributed by atoms with E-state index in [-0.39, 0.29) is 28.8 Å². The van der Waals surface area contributed by atoms with Crippen LogP contribution in [-0.4, -0.2) is 51.7 Å². The van der Waals surface area contributed by atoms with Gasteiger partial charge in [0.25, 0.3) is 11.1 Å². The van der Waals surface area contributed by atoms with E-state index in [2.05, 4.69) is 0 Å². The second kappa shape index (κ2) is 5.22. The molecule has 0 unspecified atom stereocenters. The van der Waals surface area contributed by atoms with E-state index in [1.807, 2.05) is 6.07 Å². The average molecular weight is 301 g/mol. The van der Waals surface area contributed by atoms with Gasteiger partial charge < -0.3 is 4.90 Å². The zero-order valence-electron chi connectivity index (χ0n) is 11.0. The third-order valence-corrected chi connectivity index (χ3v) is 4.40. The van der Waals surface area contributed by atoms with E-state index in [0.717, 1.165) is 11.8 Å². The van der Waals surface area contributed by atoms with E-state index in [1.54, 1.807) is 29.2 Å². The first-order valence-electron chi connectivity index (χ1n) is 6.38. The molecule has 1 aromatic rings. The van der Waals surface area contributed by atoms with Gasteiger partial charge in [0.1, 0.15) is 0 Å². The van der Waals surface area contributed by atoms with Crippen molar-refractivity contribution in [1.82, 2.24) is 9.80 Å². The first kappa shape index (κ1) is 13.6. The van der Waals surface area contributed by atoms with Crippen LogP contribution in [0.3, 0.4) is 0 Å². The van der Waals surface area contributed by atoms with Crippen molar-refractivity contribution in [2.24, 2.45) is 0 Å². The summed E-state index contributed by atoms with van der Waals surface area (Å²) in [6.07, 6.45) is 0. The van der Waals surface area contributed by atoms with Gasteiger partial charge in [0.2, 0.25) is 5.91 Å². The molecule has 21 heavy (non-hydrogen) atoms. The Hall–Kier alpha value is -2.33. The lowest BCUT2D eigenvalue weighted by Gasteiger charge is -2.42. The number of amides is 3. The molecule has 2 heterocycles. The predicted molar refractivity (Wildman–Crippen MR) is 75.5 cm³/mol. The molecule has 3 amide bonds. The molecule has 3 rings (SSSR count). The largest absolute Gasteiger partial charge is 0.334 e. The van der Waals surface area contributed by atoms with E-state index in [9.17, 15) is 14.4 Å². The van der Waals surface area contributed by atoms with Crippen molar-refractivity contribution in [2.45, 2.75) is 6.04 Å². The summed E-state index contributed by atoms with van der Waals surface area (Å²) in [5, 5.41) is 8.50. The van der Waals surface area contributed by atoms with Gasteiger partial charge in [-0.05, 0) is 24.3 Å². The highest BCUT2D eigenvalue weighted by molar-refractivity contribution is 8.14. The summed E-state index contributed by atoms with van der Waals surface area (Å²) in [7, 11) is 0. The van der Waals surface area contributed by atoms with E-state index in [4.69, 9.17) is 5.26 Å². The molecule has 1 aromatic carbocycles. The molecule has 2 aliphatic rings. The molecular weight excluding hydrogens is 290 g/mol. The number of likely N-dealkylation sites (tertiary alicyclic amines) is 1. The predicted octanol–water partition coefficient (Wildman–Crippen LogP) is 1.08. The molecule has 2 fully saturated rings. The Morgan fingerprint density at radius 1 is 1.24 bits per heavy atom. The number of nitriles is 1. The van der Waals surface area contributed by atoms with E-state index < -0.39 is 0 Å². The second-order valence-corrected chi connectivity index (χ2v) is 5.80. The van der Waals surface area contributed by atoms with Crippen LogP contribution >= 0.6 is 11.8 Å². The van der Waals surface area contributed by atoms with Crippen LogP contribution in [0.4, 0.5) is 4.79 Å². The fourth-order valence-electron chi connectivity index (χ4n) is 2.37. The summed E-state index contributed by atoms with van der Waals surface area (Å²) in [4.78, 5) is 38.2. The zero-order valence-corrected chi connectivity index (χ0v) is 11.8. The van der Waals surface area contributed by atoms with Crippen molar-refractivity contribution in [1.29, 1.82) is 5.26 Å². The number of hydrogen-bond acceptors (Lipinski definition) is 5. The van der Waals surface area contributed by atoms with E-state index in [0.29, 0.717) is 24.2 Å². The summed E-state index contributed by atoms with van der Waals surface area (Å²) in [6, 6.07) is 8.19. The molecule has 0 saturated carbocycles. The molecule has 0 atom stereocenters. The average Bonchev–Trinajstić information content (AvgIpc) is 2.78. The minimum absolute atomic E-state index is 0.150. The third kappa shape index (κ3) is 2.38. The normalized spacial score (nSPS) is 18.6. The molecule has 2 aliphatic heterocycles. The maximum Gasteiger partial charge on any atom is 0.289 e. The fraction of sp³-hybridized carbons (Fsp3) is 0.286. The zero-order chi connectivity index (χ0) is 15.0. The number of thioether (sulfide) groups is 1. The van der Waals surface area contributed by atoms with Gasteiger partial charge in [-0.1, -0.05) is 11.8 Å². The van der Waals surface area contributed by atoms with Crippen LogP contribution in [0.2, 0.25) is 0 Å². The molecule has 0 N–H and O–H groups in total. The van der Waals surface area contributed by atoms with Crippen LogP contribution in [0.5, 0.6) is 0 Å². The van der Waals surface area contributed by atoms with Crippen LogP contribution in [-0.2, 0) is 4.79 Å². The molecule has 0 aliphatic carbocycles. The maximum absolute atomic E-state index is 12.2. The Balaban J connectivity index is 1.63. The lowest BCUT2D eigenvalue weighted by molar-refractivity contribution is -0.128. The fourth-order valence-corrected chi connectivity index (χ4v) is 3.15. The molecule has 0 aromatic heterocycles. The SMILES string of the molecule is N#Cc1ccc(C(=O)N2CC(N3C(=O)CSC3=O)C2)cc1. The van der Waals surface area contributed by atoms with Crippen LogP contribution in [0.1, 0.15) is 15.9 Å². The van der Waals surface area contributed by atoms with Crippen molar-refractivity contribution >= 4 is 28.8 Å². The van der Waals surface area contributed by atoms with Crippen LogP contribution in [0.15, 0.2) is 24.3 Å². The Bertz CT molecular complexity index is 643. The lowest BCUT2D eigenvalue weighted by Crippen LogP contribution is -2.62. The third-order valence-electron chi connectivity index (χ3n) is 3.56. The Labute approximate surface area is 125 Å². The smallest absolute Gasteiger partial charge is 0.289 e. The van der Waals surface area contributed by atoms with Gasteiger partial charge in [-0.25, -0.2) is 0 Å². The van der Waals surface area contributed by atoms with Gasteiger partial charge in [-0.15, -0.1) is 0 Å². The van der Waals surface area contributed by atoms with Gasteiger partial charge in [0.05, 0.1) is 23.4 Å². The number of nitrogens with zero attached hydrogens (tertiary/aromatic N) is 3. The van der Waals surface area contributed by atoms with Crippen LogP contribution < -0.4 is 0 Å². The monoisotopic (exact) mass is 301 g/mol. The molecule has 0 bridgehead atoms. The summed E-state index contributed by atoms with van der Waals surface area (Å²) < 4.78 is 0. The highest BCUT2D eigenvalue weighted by atomic mass is 32.2. The molecule has 6 nitrogen and oxygen atoms in total. The number of carbonyl (C=O) groups is 3. The van der Waals surface area contributed by atoms with Gasteiger partial charge in [-0.2, -0.15) is 5.26 Å². The maximum atomic E-state index is 12.2. The van der Waals surface area contributed by atoms with Gasteiger partial charge in [0.15, 0.2) is 0 Å². The standard InChI is InChI=1S/C14H11N3O3S/c15-5-9-1-3-10(4-2-9)13(19)16-6-11(7-16)17-12(18)8-21-14(17)20/h1-4,11H,6-8H2. The Morgan fingerprint density at radius 3 is 2.43 bits per heavy atom. The van der Waals surface area contributed by atoms with Gasteiger partial charge in [-0.3, -0.25) is 19.3 Å². The number of benzene rings is 1. The van der Waals surface area contributed by atoms with E-state index in [1.165, 1.54) is 4.90 Å². The second-order valence-electron chi connectivity index (χ2n) is 4.87. The minimum Gasteiger partial charge on any atom is -0.334 e. The molecule has 106 valence electrons. The van der Waals surface area contributed by atoms with Crippen molar-refractivity contribution in [3.8, 4) is 6.07 Å². The molecular formula is C14H11N3O3S. The van der Waals surface area contributed by atoms with Crippen LogP contribution in [0.25, 0.3) is 0 Å². The summed E-state index contributed by atoms with van der Waals surface area (Å²) in [5.41, 5.74) is 0.999. The quantitative estimate of drug-likeness (QED) is 0.816. The molecule has 2 saturated heterocycles.